The van der Waals surface area contributed by atoms with Gasteiger partial charge in [0.15, 0.2) is 0 Å². The maximum Gasteiger partial charge on any atom is 0.223 e. The molecule has 0 saturated carbocycles. The third-order valence-corrected chi connectivity index (χ3v) is 3.34. The Morgan fingerprint density at radius 2 is 1.67 bits per heavy atom. The zero-order valence-electron chi connectivity index (χ0n) is 14.1. The largest absolute Gasteiger partial charge is 0.497 e. The molecule has 0 bridgehead atoms. The topological polar surface area (TPSA) is 56.8 Å². The third kappa shape index (κ3) is 6.20. The van der Waals surface area contributed by atoms with E-state index >= 15 is 0 Å². The van der Waals surface area contributed by atoms with Gasteiger partial charge in [-0.3, -0.25) is 4.79 Å². The lowest BCUT2D eigenvalue weighted by Gasteiger charge is -2.09. The van der Waals surface area contributed by atoms with Crippen LogP contribution in [0, 0.1) is 6.92 Å². The molecular formula is C19H23NO4. The summed E-state index contributed by atoms with van der Waals surface area (Å²) in [6.45, 7) is 3.23. The number of amides is 1. The van der Waals surface area contributed by atoms with Gasteiger partial charge in [-0.15, -0.1) is 0 Å². The molecule has 0 fully saturated rings. The van der Waals surface area contributed by atoms with Crippen LogP contribution in [0.5, 0.6) is 17.2 Å². The molecule has 0 radical (unpaired) electrons. The Kier molecular flexibility index (Phi) is 6.95. The van der Waals surface area contributed by atoms with Crippen LogP contribution in [0.4, 0.5) is 0 Å². The summed E-state index contributed by atoms with van der Waals surface area (Å²) in [5, 5.41) is 2.80. The second-order valence-electron chi connectivity index (χ2n) is 5.29. The maximum atomic E-state index is 11.7. The van der Waals surface area contributed by atoms with Crippen molar-refractivity contribution in [1.82, 2.24) is 5.32 Å². The summed E-state index contributed by atoms with van der Waals surface area (Å²) in [6, 6.07) is 15.1. The fourth-order valence-corrected chi connectivity index (χ4v) is 2.09. The minimum atomic E-state index is -0.0546. The molecule has 0 aliphatic rings. The number of hydrogen-bond donors (Lipinski definition) is 1. The molecule has 1 N–H and O–H groups in total. The second-order valence-corrected chi connectivity index (χ2v) is 5.29. The minimum Gasteiger partial charge on any atom is -0.497 e. The van der Waals surface area contributed by atoms with Crippen LogP contribution in [0.25, 0.3) is 0 Å². The SMILES string of the molecule is COc1ccc(OCCNC(=O)CCOc2cccc(C)c2)cc1. The van der Waals surface area contributed by atoms with E-state index < -0.39 is 0 Å². The number of benzene rings is 2. The molecule has 2 aromatic carbocycles. The van der Waals surface area contributed by atoms with Crippen molar-refractivity contribution >= 4 is 5.91 Å². The van der Waals surface area contributed by atoms with Gasteiger partial charge in [0.1, 0.15) is 23.9 Å². The smallest absolute Gasteiger partial charge is 0.223 e. The number of aryl methyl sites for hydroxylation is 1. The van der Waals surface area contributed by atoms with Crippen LogP contribution >= 0.6 is 0 Å². The summed E-state index contributed by atoms with van der Waals surface area (Å²) in [7, 11) is 1.62. The van der Waals surface area contributed by atoms with Gasteiger partial charge in [-0.2, -0.15) is 0 Å². The van der Waals surface area contributed by atoms with Crippen molar-refractivity contribution in [2.24, 2.45) is 0 Å². The predicted octanol–water partition coefficient (Wildman–Crippen LogP) is 2.97. The van der Waals surface area contributed by atoms with Gasteiger partial charge >= 0.3 is 0 Å². The fraction of sp³-hybridized carbons (Fsp3) is 0.316. The van der Waals surface area contributed by atoms with Crippen molar-refractivity contribution in [3.8, 4) is 17.2 Å². The highest BCUT2D eigenvalue weighted by Gasteiger charge is 2.02. The van der Waals surface area contributed by atoms with Crippen LogP contribution in [-0.4, -0.2) is 32.8 Å². The van der Waals surface area contributed by atoms with Gasteiger partial charge in [0.2, 0.25) is 5.91 Å². The molecular weight excluding hydrogens is 306 g/mol. The van der Waals surface area contributed by atoms with E-state index in [9.17, 15) is 4.79 Å². The van der Waals surface area contributed by atoms with Gasteiger partial charge < -0.3 is 19.5 Å². The predicted molar refractivity (Wildman–Crippen MR) is 92.8 cm³/mol. The molecule has 2 aromatic rings. The van der Waals surface area contributed by atoms with Crippen molar-refractivity contribution in [2.45, 2.75) is 13.3 Å². The molecule has 24 heavy (non-hydrogen) atoms. The summed E-state index contributed by atoms with van der Waals surface area (Å²) in [4.78, 5) is 11.7. The molecule has 0 atom stereocenters. The zero-order valence-corrected chi connectivity index (χ0v) is 14.1. The standard InChI is InChI=1S/C19H23NO4/c1-15-4-3-5-18(14-15)23-12-10-19(21)20-11-13-24-17-8-6-16(22-2)7-9-17/h3-9,14H,10-13H2,1-2H3,(H,20,21). The van der Waals surface area contributed by atoms with Gasteiger partial charge in [-0.1, -0.05) is 12.1 Å². The van der Waals surface area contributed by atoms with Crippen LogP contribution in [0.15, 0.2) is 48.5 Å². The van der Waals surface area contributed by atoms with E-state index in [4.69, 9.17) is 14.2 Å². The number of carbonyl (C=O) groups is 1. The van der Waals surface area contributed by atoms with Gasteiger partial charge in [0.05, 0.1) is 26.7 Å². The van der Waals surface area contributed by atoms with Crippen molar-refractivity contribution in [3.05, 3.63) is 54.1 Å². The molecule has 0 spiro atoms. The van der Waals surface area contributed by atoms with Crippen LogP contribution in [0.3, 0.4) is 0 Å². The maximum absolute atomic E-state index is 11.7. The van der Waals surface area contributed by atoms with E-state index in [1.54, 1.807) is 7.11 Å². The molecule has 2 rings (SSSR count). The molecule has 5 nitrogen and oxygen atoms in total. The Morgan fingerprint density at radius 1 is 0.958 bits per heavy atom. The van der Waals surface area contributed by atoms with Crippen LogP contribution in [-0.2, 0) is 4.79 Å². The van der Waals surface area contributed by atoms with E-state index in [2.05, 4.69) is 5.32 Å². The first kappa shape index (κ1) is 17.7. The van der Waals surface area contributed by atoms with Crippen molar-refractivity contribution in [2.75, 3.05) is 26.9 Å². The van der Waals surface area contributed by atoms with Crippen molar-refractivity contribution in [3.63, 3.8) is 0 Å². The summed E-state index contributed by atoms with van der Waals surface area (Å²) < 4.78 is 16.2. The highest BCUT2D eigenvalue weighted by molar-refractivity contribution is 5.75. The highest BCUT2D eigenvalue weighted by Crippen LogP contribution is 2.16. The average Bonchev–Trinajstić information content (AvgIpc) is 2.59. The van der Waals surface area contributed by atoms with Gasteiger partial charge in [-0.05, 0) is 48.9 Å². The number of rotatable bonds is 9. The molecule has 0 heterocycles. The summed E-state index contributed by atoms with van der Waals surface area (Å²) in [5.41, 5.74) is 1.13. The lowest BCUT2D eigenvalue weighted by molar-refractivity contribution is -0.121. The van der Waals surface area contributed by atoms with Crippen molar-refractivity contribution in [1.29, 1.82) is 0 Å². The van der Waals surface area contributed by atoms with Crippen LogP contribution in [0.1, 0.15) is 12.0 Å². The van der Waals surface area contributed by atoms with Crippen LogP contribution in [0.2, 0.25) is 0 Å². The summed E-state index contributed by atoms with van der Waals surface area (Å²) in [5.74, 6) is 2.25. The van der Waals surface area contributed by atoms with Gasteiger partial charge in [0, 0.05) is 0 Å². The Morgan fingerprint density at radius 3 is 2.38 bits per heavy atom. The fourth-order valence-electron chi connectivity index (χ4n) is 2.09. The van der Waals surface area contributed by atoms with E-state index in [-0.39, 0.29) is 5.91 Å². The lowest BCUT2D eigenvalue weighted by atomic mass is 10.2. The Hall–Kier alpha value is -2.69. The van der Waals surface area contributed by atoms with E-state index in [1.165, 1.54) is 0 Å². The van der Waals surface area contributed by atoms with Gasteiger partial charge in [-0.25, -0.2) is 0 Å². The molecule has 0 saturated heterocycles. The van der Waals surface area contributed by atoms with Gasteiger partial charge in [0.25, 0.3) is 0 Å². The quantitative estimate of drug-likeness (QED) is 0.719. The molecule has 0 aliphatic carbocycles. The molecule has 0 aliphatic heterocycles. The molecule has 0 unspecified atom stereocenters. The summed E-state index contributed by atoms with van der Waals surface area (Å²) >= 11 is 0. The summed E-state index contributed by atoms with van der Waals surface area (Å²) in [6.07, 6.45) is 0.316. The Balaban J connectivity index is 1.57. The van der Waals surface area contributed by atoms with E-state index in [0.29, 0.717) is 26.2 Å². The zero-order chi connectivity index (χ0) is 17.2. The van der Waals surface area contributed by atoms with E-state index in [1.807, 2.05) is 55.5 Å². The number of hydrogen-bond acceptors (Lipinski definition) is 4. The Labute approximate surface area is 142 Å². The first-order chi connectivity index (χ1) is 11.7. The first-order valence-electron chi connectivity index (χ1n) is 7.90. The number of methoxy groups -OCH3 is 1. The normalized spacial score (nSPS) is 10.1. The van der Waals surface area contributed by atoms with E-state index in [0.717, 1.165) is 22.8 Å². The number of ether oxygens (including phenoxy) is 3. The molecule has 5 heteroatoms. The Bertz CT molecular complexity index is 640. The highest BCUT2D eigenvalue weighted by atomic mass is 16.5. The number of nitrogens with one attached hydrogen (secondary N) is 1. The third-order valence-electron chi connectivity index (χ3n) is 3.34. The second kappa shape index (κ2) is 9.45. The van der Waals surface area contributed by atoms with Crippen LogP contribution < -0.4 is 19.5 Å². The monoisotopic (exact) mass is 329 g/mol. The number of carbonyl (C=O) groups excluding carboxylic acids is 1. The van der Waals surface area contributed by atoms with Crippen molar-refractivity contribution < 1.29 is 19.0 Å². The molecule has 1 amide bonds. The average molecular weight is 329 g/mol. The molecule has 0 aromatic heterocycles. The molecule has 128 valence electrons. The first-order valence-corrected chi connectivity index (χ1v) is 7.90. The lowest BCUT2D eigenvalue weighted by Crippen LogP contribution is -2.29. The minimum absolute atomic E-state index is 0.0546.